The standard InChI is InChI=1S/C27H35NO6.C20H24O5.C7H13NO2.C5H11N/c1-19(29)18-33-22-9-7-8-21(17-22)24(34-27(30)23-10-5-6-15-28(23)2)13-11-20-12-14-25(31-3)26(16-20)32-4;1-14(21)13-25-17-6-4-5-16(12-17)18(22)9-7-15-8-10-19(23-2)20(11-15)24-3;1-8-5-3-2-4-6(8)7(9)10;1-2-4-6-5-3-1/h7-9,12,14,16-17,23-24H,5-6,10-11,13,15,18H2,1-4H3;4-6,8,10-12,18,22H,7,9,13H2,1-3H3;6H,2-5H2,1H3,(H,9,10);6H,1-5H2/t23-,24?;;6-;/m0.0./s1. The fourth-order valence-corrected chi connectivity index (χ4v) is 8.90. The zero-order valence-corrected chi connectivity index (χ0v) is 45.6. The van der Waals surface area contributed by atoms with E-state index in [2.05, 4.69) is 10.2 Å². The average Bonchev–Trinajstić information content (AvgIpc) is 3.43. The molecule has 412 valence electrons. The summed E-state index contributed by atoms with van der Waals surface area (Å²) < 4.78 is 38.3. The first-order valence-electron chi connectivity index (χ1n) is 26.2. The monoisotopic (exact) mass is 1040 g/mol. The number of hydrogen-bond acceptors (Lipinski definition) is 15. The van der Waals surface area contributed by atoms with Crippen molar-refractivity contribution >= 4 is 23.5 Å². The van der Waals surface area contributed by atoms with Gasteiger partial charge in [0.25, 0.3) is 0 Å². The van der Waals surface area contributed by atoms with E-state index >= 15 is 0 Å². The van der Waals surface area contributed by atoms with Gasteiger partial charge in [-0.1, -0.05) is 55.7 Å². The number of methoxy groups -OCH3 is 4. The first kappa shape index (κ1) is 61.3. The Hall–Kier alpha value is -6.20. The van der Waals surface area contributed by atoms with Crippen LogP contribution in [0.1, 0.15) is 119 Å². The number of likely N-dealkylation sites (N-methyl/N-ethyl adjacent to an activating group) is 2. The molecule has 0 spiro atoms. The SMILES string of the molecule is C1CCNCC1.CN1CCCC[C@H]1C(=O)O.COc1ccc(CCC(O)c2cccc(OCC(C)=O)c2)cc1OC.COc1ccc(CCC(OC(=O)[C@@H]2CCCCN2C)c2cccc(OCC(C)=O)c2)cc1OC. The van der Waals surface area contributed by atoms with Gasteiger partial charge in [-0.3, -0.25) is 29.0 Å². The van der Waals surface area contributed by atoms with Crippen LogP contribution in [-0.4, -0.2) is 138 Å². The van der Waals surface area contributed by atoms with Crippen LogP contribution in [0.5, 0.6) is 34.5 Å². The molecule has 0 aliphatic carbocycles. The molecule has 4 aromatic carbocycles. The molecular weight excluding hydrogens is 959 g/mol. The fourth-order valence-electron chi connectivity index (χ4n) is 8.90. The topological polar surface area (TPSA) is 192 Å². The molecule has 16 heteroatoms. The van der Waals surface area contributed by atoms with Gasteiger partial charge in [0.15, 0.2) is 34.6 Å². The van der Waals surface area contributed by atoms with Crippen molar-refractivity contribution in [1.29, 1.82) is 0 Å². The number of ether oxygens (including phenoxy) is 7. The van der Waals surface area contributed by atoms with E-state index in [9.17, 15) is 24.3 Å². The number of carboxylic acids is 1. The number of ketones is 2. The maximum Gasteiger partial charge on any atom is 0.323 e. The largest absolute Gasteiger partial charge is 0.493 e. The smallest absolute Gasteiger partial charge is 0.323 e. The van der Waals surface area contributed by atoms with Crippen LogP contribution in [-0.2, 0) is 36.8 Å². The zero-order chi connectivity index (χ0) is 54.5. The number of aliphatic hydroxyl groups is 1. The molecule has 75 heavy (non-hydrogen) atoms. The van der Waals surface area contributed by atoms with Crippen LogP contribution < -0.4 is 33.7 Å². The van der Waals surface area contributed by atoms with E-state index in [0.29, 0.717) is 60.2 Å². The van der Waals surface area contributed by atoms with E-state index in [1.807, 2.05) is 85.7 Å². The number of aliphatic carboxylic acids is 1. The van der Waals surface area contributed by atoms with E-state index in [4.69, 9.17) is 38.3 Å². The van der Waals surface area contributed by atoms with Gasteiger partial charge in [0.2, 0.25) is 0 Å². The van der Waals surface area contributed by atoms with Crippen molar-refractivity contribution in [2.75, 3.05) is 81.9 Å². The van der Waals surface area contributed by atoms with Crippen molar-refractivity contribution in [3.63, 3.8) is 0 Å². The van der Waals surface area contributed by atoms with Crippen LogP contribution in [0, 0.1) is 0 Å². The number of aryl methyl sites for hydroxylation is 2. The second-order valence-corrected chi connectivity index (χ2v) is 19.2. The fraction of sp³-hybridized carbons (Fsp3) is 0.525. The summed E-state index contributed by atoms with van der Waals surface area (Å²) in [4.78, 5) is 49.9. The van der Waals surface area contributed by atoms with E-state index in [0.717, 1.165) is 73.9 Å². The molecule has 3 N–H and O–H groups in total. The van der Waals surface area contributed by atoms with Crippen molar-refractivity contribution in [3.05, 3.63) is 107 Å². The number of piperidine rings is 3. The van der Waals surface area contributed by atoms with Crippen LogP contribution in [0.2, 0.25) is 0 Å². The van der Waals surface area contributed by atoms with Crippen molar-refractivity contribution in [3.8, 4) is 34.5 Å². The Kier molecular flexibility index (Phi) is 27.5. The van der Waals surface area contributed by atoms with Gasteiger partial charge < -0.3 is 48.7 Å². The number of carbonyl (C=O) groups is 4. The lowest BCUT2D eigenvalue weighted by molar-refractivity contribution is -0.157. The van der Waals surface area contributed by atoms with Gasteiger partial charge in [0.1, 0.15) is 42.9 Å². The third-order valence-corrected chi connectivity index (χ3v) is 13.2. The van der Waals surface area contributed by atoms with Crippen molar-refractivity contribution < 1.29 is 62.5 Å². The quantitative estimate of drug-likeness (QED) is 0.0669. The number of carbonyl (C=O) groups excluding carboxylic acids is 3. The molecule has 2 unspecified atom stereocenters. The van der Waals surface area contributed by atoms with Crippen LogP contribution in [0.15, 0.2) is 84.9 Å². The maximum absolute atomic E-state index is 13.1. The summed E-state index contributed by atoms with van der Waals surface area (Å²) in [7, 11) is 10.3. The highest BCUT2D eigenvalue weighted by atomic mass is 16.5. The minimum Gasteiger partial charge on any atom is -0.493 e. The van der Waals surface area contributed by atoms with Gasteiger partial charge in [0, 0.05) is 0 Å². The Morgan fingerprint density at radius 2 is 1.07 bits per heavy atom. The predicted octanol–water partition coefficient (Wildman–Crippen LogP) is 9.03. The number of Topliss-reactive ketones (excluding diaryl/α,β-unsaturated/α-hetero) is 2. The van der Waals surface area contributed by atoms with Gasteiger partial charge in [0.05, 0.1) is 34.5 Å². The molecule has 3 aliphatic rings. The highest BCUT2D eigenvalue weighted by Gasteiger charge is 2.30. The summed E-state index contributed by atoms with van der Waals surface area (Å²) in [5, 5.41) is 22.4. The lowest BCUT2D eigenvalue weighted by Crippen LogP contribution is -2.43. The zero-order valence-electron chi connectivity index (χ0n) is 45.6. The number of carboxylic acid groups (broad SMARTS) is 1. The number of rotatable bonds is 21. The summed E-state index contributed by atoms with van der Waals surface area (Å²) in [6.07, 6.45) is 11.6. The molecule has 7 rings (SSSR count). The number of likely N-dealkylation sites (tertiary alicyclic amines) is 2. The Morgan fingerprint density at radius 1 is 0.587 bits per heavy atom. The number of benzene rings is 4. The van der Waals surface area contributed by atoms with Crippen LogP contribution in [0.4, 0.5) is 0 Å². The molecule has 3 heterocycles. The average molecular weight is 1040 g/mol. The first-order valence-corrected chi connectivity index (χ1v) is 26.2. The second-order valence-electron chi connectivity index (χ2n) is 19.2. The summed E-state index contributed by atoms with van der Waals surface area (Å²) >= 11 is 0. The molecule has 16 nitrogen and oxygen atoms in total. The molecule has 3 fully saturated rings. The Balaban J connectivity index is 0.000000256. The van der Waals surface area contributed by atoms with Crippen molar-refractivity contribution in [2.45, 2.75) is 122 Å². The molecule has 4 atom stereocenters. The summed E-state index contributed by atoms with van der Waals surface area (Å²) in [6, 6.07) is 25.7. The lowest BCUT2D eigenvalue weighted by Gasteiger charge is -2.32. The highest BCUT2D eigenvalue weighted by Crippen LogP contribution is 2.33. The third kappa shape index (κ3) is 21.9. The molecule has 3 aliphatic heterocycles. The Morgan fingerprint density at radius 3 is 1.49 bits per heavy atom. The second kappa shape index (κ2) is 33.7. The van der Waals surface area contributed by atoms with E-state index in [1.54, 1.807) is 46.6 Å². The number of aliphatic hydroxyl groups excluding tert-OH is 1. The summed E-state index contributed by atoms with van der Waals surface area (Å²) in [6.45, 7) is 7.32. The molecule has 4 aromatic rings. The molecule has 0 bridgehead atoms. The summed E-state index contributed by atoms with van der Waals surface area (Å²) in [5.74, 6) is 2.88. The van der Waals surface area contributed by atoms with Gasteiger partial charge in [-0.25, -0.2) is 0 Å². The van der Waals surface area contributed by atoms with Gasteiger partial charge in [-0.15, -0.1) is 0 Å². The van der Waals surface area contributed by atoms with Crippen molar-refractivity contribution in [2.24, 2.45) is 0 Å². The van der Waals surface area contributed by atoms with Gasteiger partial charge in [-0.2, -0.15) is 0 Å². The number of esters is 1. The van der Waals surface area contributed by atoms with E-state index in [-0.39, 0.29) is 42.8 Å². The number of nitrogens with one attached hydrogen (secondary N) is 1. The van der Waals surface area contributed by atoms with Crippen LogP contribution >= 0.6 is 0 Å². The number of nitrogens with zero attached hydrogens (tertiary/aromatic N) is 2. The van der Waals surface area contributed by atoms with Crippen molar-refractivity contribution in [1.82, 2.24) is 15.1 Å². The molecule has 0 radical (unpaired) electrons. The molecule has 3 saturated heterocycles. The predicted molar refractivity (Wildman–Crippen MR) is 290 cm³/mol. The highest BCUT2D eigenvalue weighted by molar-refractivity contribution is 5.77. The minimum absolute atomic E-state index is 0.00637. The Bertz CT molecular complexity index is 2350. The van der Waals surface area contributed by atoms with Gasteiger partial charge >= 0.3 is 11.9 Å². The van der Waals surface area contributed by atoms with E-state index in [1.165, 1.54) is 46.2 Å². The molecule has 0 aromatic heterocycles. The molecule has 0 saturated carbocycles. The number of hydrogen-bond donors (Lipinski definition) is 3. The Labute approximate surface area is 444 Å². The third-order valence-electron chi connectivity index (χ3n) is 13.2. The van der Waals surface area contributed by atoms with Crippen LogP contribution in [0.25, 0.3) is 0 Å². The molecular formula is C59H83N3O13. The summed E-state index contributed by atoms with van der Waals surface area (Å²) in [5.41, 5.74) is 3.72. The first-order chi connectivity index (χ1) is 36.1. The van der Waals surface area contributed by atoms with Gasteiger partial charge in [-0.05, 0) is 189 Å². The minimum atomic E-state index is -0.679. The normalized spacial score (nSPS) is 17.3. The maximum atomic E-state index is 13.1. The van der Waals surface area contributed by atoms with E-state index < -0.39 is 18.2 Å². The lowest BCUT2D eigenvalue weighted by atomic mass is 9.99. The van der Waals surface area contributed by atoms with Crippen LogP contribution in [0.3, 0.4) is 0 Å². The molecule has 0 amide bonds.